The molecule has 5 nitrogen and oxygen atoms in total. The Kier molecular flexibility index (Phi) is 6.70. The van der Waals surface area contributed by atoms with Crippen LogP contribution in [0.2, 0.25) is 0 Å². The molecule has 3 heterocycles. The van der Waals surface area contributed by atoms with Crippen LogP contribution in [0.15, 0.2) is 194 Å². The second-order valence-electron chi connectivity index (χ2n) is 18.3. The van der Waals surface area contributed by atoms with Gasteiger partial charge in [-0.25, -0.2) is 4.98 Å². The molecule has 1 aliphatic rings. The minimum absolute atomic E-state index is 0.0205. The van der Waals surface area contributed by atoms with E-state index in [0.29, 0.717) is 78.6 Å². The van der Waals surface area contributed by atoms with Crippen LogP contribution in [0, 0.1) is 13.7 Å². The van der Waals surface area contributed by atoms with Crippen LogP contribution in [0.3, 0.4) is 0 Å². The molecule has 10 aromatic rings. The number of benzene rings is 8. The zero-order valence-corrected chi connectivity index (χ0v) is 38.1. The molecule has 11 rings (SSSR count). The number of rotatable bonds is 8. The summed E-state index contributed by atoms with van der Waals surface area (Å²) in [6.07, 6.45) is 1.76. The van der Waals surface area contributed by atoms with Gasteiger partial charge in [0.1, 0.15) is 24.0 Å². The van der Waals surface area contributed by atoms with Gasteiger partial charge in [-0.15, -0.1) is 0 Å². The van der Waals surface area contributed by atoms with Gasteiger partial charge in [0, 0.05) is 66.5 Å². The van der Waals surface area contributed by atoms with Gasteiger partial charge in [0.25, 0.3) is 0 Å². The average Bonchev–Trinajstić information content (AvgIpc) is 0.949. The summed E-state index contributed by atoms with van der Waals surface area (Å²) in [7, 11) is 0. The van der Waals surface area contributed by atoms with E-state index < -0.39 is 45.2 Å². The van der Waals surface area contributed by atoms with Gasteiger partial charge in [-0.1, -0.05) is 169 Å². The summed E-state index contributed by atoms with van der Waals surface area (Å²) in [5.74, 6) is 1.20. The fourth-order valence-electron chi connectivity index (χ4n) is 9.32. The number of fused-ring (bicyclic) bond motifs is 4. The lowest BCUT2D eigenvalue weighted by Crippen LogP contribution is -2.25. The largest absolute Gasteiger partial charge is 0.457 e. The van der Waals surface area contributed by atoms with Crippen LogP contribution in [-0.2, 0) is 10.8 Å². The number of nitrogens with zero attached hydrogens (tertiary/aromatic N) is 4. The number of hydrogen-bond acceptors (Lipinski definition) is 4. The Bertz CT molecular complexity index is 4340. The van der Waals surface area contributed by atoms with E-state index in [4.69, 9.17) is 35.8 Å². The van der Waals surface area contributed by atoms with Crippen molar-refractivity contribution in [3.05, 3.63) is 216 Å². The lowest BCUT2D eigenvalue weighted by atomic mass is 9.84. The molecule has 0 amide bonds. The molecule has 2 aromatic heterocycles. The highest BCUT2D eigenvalue weighted by atomic mass is 16.5. The van der Waals surface area contributed by atoms with Gasteiger partial charge < -0.3 is 14.5 Å². The minimum atomic E-state index is -3.57. The van der Waals surface area contributed by atoms with E-state index in [2.05, 4.69) is 20.8 Å². The van der Waals surface area contributed by atoms with Crippen LogP contribution < -0.4 is 14.5 Å². The van der Waals surface area contributed by atoms with Gasteiger partial charge in [0.15, 0.2) is 0 Å². The SMILES string of the molecule is [2H]c1c([2H])c([2H])c2c(c1[2H])c1ccc(Oc3cccc(N4CN(c5c(-c6cccc(C(C([2H])([2H])[2H])(C([2H])([2H])[2H])C([2H])([2H])[2H])c6)cccc5-c5ccc(-c6ccccc6C([2H])([2H])[2H])cc5C([2H])([2H])[2H])c5ccccc54)c3)cc1n2-c1ccc(C(C)(C)C)cn1. The second-order valence-corrected chi connectivity index (χ2v) is 18.3. The number of aromatic nitrogens is 2. The smallest absolute Gasteiger partial charge is 0.137 e. The first-order valence-corrected chi connectivity index (χ1v) is 22.6. The third-order valence-electron chi connectivity index (χ3n) is 12.8. The van der Waals surface area contributed by atoms with Gasteiger partial charge >= 0.3 is 0 Å². The molecule has 0 bridgehead atoms. The third-order valence-corrected chi connectivity index (χ3v) is 12.8. The summed E-state index contributed by atoms with van der Waals surface area (Å²) in [4.78, 5) is 8.74. The van der Waals surface area contributed by atoms with Crippen LogP contribution in [0.4, 0.5) is 22.7 Å². The number of aryl methyl sites for hydroxylation is 2. The summed E-state index contributed by atoms with van der Waals surface area (Å²) >= 11 is 0. The Morgan fingerprint density at radius 1 is 0.536 bits per heavy atom. The molecule has 0 saturated carbocycles. The molecule has 0 saturated heterocycles. The molecule has 340 valence electrons. The maximum absolute atomic E-state index is 9.07. The molecule has 8 aromatic carbocycles. The molecule has 0 N–H and O–H groups in total. The summed E-state index contributed by atoms with van der Waals surface area (Å²) < 4.78 is 173. The number of pyridine rings is 1. The van der Waals surface area contributed by atoms with Gasteiger partial charge in [-0.3, -0.25) is 4.57 Å². The van der Waals surface area contributed by atoms with Gasteiger partial charge in [0.05, 0.1) is 33.6 Å². The highest BCUT2D eigenvalue weighted by molar-refractivity contribution is 6.09. The topological polar surface area (TPSA) is 33.5 Å². The first kappa shape index (κ1) is 27.2. The molecular weight excluding hydrogens is 841 g/mol. The van der Waals surface area contributed by atoms with Crippen LogP contribution in [0.25, 0.3) is 61.0 Å². The molecule has 0 radical (unpaired) electrons. The van der Waals surface area contributed by atoms with Crippen molar-refractivity contribution in [3.8, 4) is 50.7 Å². The Morgan fingerprint density at radius 2 is 1.28 bits per heavy atom. The quantitative estimate of drug-likeness (QED) is 0.152. The van der Waals surface area contributed by atoms with E-state index in [1.807, 2.05) is 64.4 Å². The summed E-state index contributed by atoms with van der Waals surface area (Å²) in [6, 6.07) is 44.2. The summed E-state index contributed by atoms with van der Waals surface area (Å²) in [6.45, 7) is -9.82. The molecule has 0 unspecified atom stereocenters. The fourth-order valence-corrected chi connectivity index (χ4v) is 9.32. The van der Waals surface area contributed by atoms with Crippen molar-refractivity contribution in [2.75, 3.05) is 16.5 Å². The first-order chi connectivity index (χ1) is 41.1. The van der Waals surface area contributed by atoms with Crippen molar-refractivity contribution in [2.24, 2.45) is 0 Å². The van der Waals surface area contributed by atoms with E-state index in [9.17, 15) is 0 Å². The van der Waals surface area contributed by atoms with Crippen molar-refractivity contribution in [2.45, 2.75) is 65.9 Å². The lowest BCUT2D eigenvalue weighted by Gasteiger charge is -2.28. The third kappa shape index (κ3) is 8.02. The van der Waals surface area contributed by atoms with Crippen LogP contribution in [0.5, 0.6) is 11.5 Å². The van der Waals surface area contributed by atoms with Crippen molar-refractivity contribution >= 4 is 44.6 Å². The van der Waals surface area contributed by atoms with Gasteiger partial charge in [-0.05, 0) is 118 Å². The molecule has 0 fully saturated rings. The molecule has 1 aliphatic heterocycles. The summed E-state index contributed by atoms with van der Waals surface area (Å²) in [5, 5.41) is 0.876. The van der Waals surface area contributed by atoms with Crippen molar-refractivity contribution < 1.29 is 30.8 Å². The lowest BCUT2D eigenvalue weighted by molar-refractivity contribution is 0.483. The predicted octanol–water partition coefficient (Wildman–Crippen LogP) is 17.4. The van der Waals surface area contributed by atoms with Gasteiger partial charge in [-0.2, -0.15) is 0 Å². The second kappa shape index (κ2) is 17.0. The van der Waals surface area contributed by atoms with E-state index >= 15 is 0 Å². The number of hydrogen-bond donors (Lipinski definition) is 0. The predicted molar refractivity (Wildman–Crippen MR) is 290 cm³/mol. The highest BCUT2D eigenvalue weighted by Gasteiger charge is 2.32. The minimum Gasteiger partial charge on any atom is -0.457 e. The zero-order valence-electron chi connectivity index (χ0n) is 57.1. The number of anilines is 4. The Labute approximate surface area is 433 Å². The Hall–Kier alpha value is -7.89. The van der Waals surface area contributed by atoms with Crippen molar-refractivity contribution in [1.82, 2.24) is 9.55 Å². The van der Waals surface area contributed by atoms with Crippen LogP contribution >= 0.6 is 0 Å². The number of para-hydroxylation sites is 4. The first-order valence-electron chi connectivity index (χ1n) is 32.1. The number of ether oxygens (including phenoxy) is 1. The molecular formula is C64H58N4O. The summed E-state index contributed by atoms with van der Waals surface area (Å²) in [5.41, 5.74) is 1.68. The molecule has 0 spiro atoms. The fraction of sp³-hybridized carbons (Fsp3) is 0.172. The van der Waals surface area contributed by atoms with E-state index in [0.717, 1.165) is 5.56 Å². The van der Waals surface area contributed by atoms with E-state index in [1.165, 1.54) is 30.3 Å². The molecule has 69 heavy (non-hydrogen) atoms. The Morgan fingerprint density at radius 3 is 2.09 bits per heavy atom. The monoisotopic (exact) mass is 918 g/mol. The van der Waals surface area contributed by atoms with Crippen LogP contribution in [0.1, 0.15) is 89.6 Å². The van der Waals surface area contributed by atoms with Crippen LogP contribution in [-0.4, -0.2) is 16.2 Å². The normalized spacial score (nSPS) is 17.8. The standard InChI is InChI=1S/C64H58N4O/c1-42-18-9-10-23-51(42)45-30-33-52(43(2)36-45)56-26-17-25-53(44-19-15-20-46(37-44)63(3,4)5)62(56)67-41-66(58-28-13-14-29-59(58)67)48-21-16-22-49(38-48)69-50-32-34-55-54-24-11-12-27-57(54)68(60(55)39-50)61-35-31-47(40-65-61)64(6,7)8/h9-40H,41H2,1-8H3/i1D3,2D3,3D3,4D3,5D3,11D,12D,24D,27D. The van der Waals surface area contributed by atoms with Gasteiger partial charge in [0.2, 0.25) is 0 Å². The van der Waals surface area contributed by atoms with E-state index in [-0.39, 0.29) is 64.0 Å². The van der Waals surface area contributed by atoms with Crippen molar-refractivity contribution in [3.63, 3.8) is 0 Å². The van der Waals surface area contributed by atoms with Crippen molar-refractivity contribution in [1.29, 1.82) is 0 Å². The molecule has 0 atom stereocenters. The maximum Gasteiger partial charge on any atom is 0.137 e. The Balaban J connectivity index is 1.07. The molecule has 0 aliphatic carbocycles. The highest BCUT2D eigenvalue weighted by Crippen LogP contribution is 2.51. The molecule has 5 heteroatoms. The zero-order chi connectivity index (χ0) is 63.6. The van der Waals surface area contributed by atoms with E-state index in [1.54, 1.807) is 89.6 Å². The average molecular weight is 918 g/mol. The maximum atomic E-state index is 9.07.